The number of benzene rings is 2. The van der Waals surface area contributed by atoms with Crippen LogP contribution in [0.25, 0.3) is 11.0 Å². The number of hydrogen-bond acceptors (Lipinski definition) is 4. The molecule has 7 heteroatoms. The van der Waals surface area contributed by atoms with Gasteiger partial charge < -0.3 is 14.2 Å². The van der Waals surface area contributed by atoms with Gasteiger partial charge in [-0.3, -0.25) is 9.59 Å². The Morgan fingerprint density at radius 1 is 1.14 bits per heavy atom. The summed E-state index contributed by atoms with van der Waals surface area (Å²) in [5, 5.41) is 0.147. The molecule has 2 aromatic carbocycles. The van der Waals surface area contributed by atoms with Crippen LogP contribution in [0.4, 0.5) is 4.39 Å². The predicted molar refractivity (Wildman–Crippen MR) is 113 cm³/mol. The molecule has 1 unspecified atom stereocenters. The number of carbonyl (C=O) groups excluding carboxylic acids is 1. The summed E-state index contributed by atoms with van der Waals surface area (Å²) in [6.45, 7) is 1.29. The minimum atomic E-state index is -0.559. The molecule has 150 valence electrons. The van der Waals surface area contributed by atoms with E-state index in [-0.39, 0.29) is 33.6 Å². The Labute approximate surface area is 175 Å². The zero-order valence-corrected chi connectivity index (χ0v) is 17.7. The molecule has 0 aliphatic carbocycles. The average molecular weight is 459 g/mol. The van der Waals surface area contributed by atoms with Gasteiger partial charge in [0, 0.05) is 11.0 Å². The maximum atomic E-state index is 13.8. The van der Waals surface area contributed by atoms with E-state index in [1.165, 1.54) is 18.2 Å². The molecule has 29 heavy (non-hydrogen) atoms. The fraction of sp³-hybridized carbons (Fsp3) is 0.273. The predicted octanol–water partition coefficient (Wildman–Crippen LogP) is 4.19. The maximum absolute atomic E-state index is 13.8. The normalized spacial score (nSPS) is 16.1. The smallest absolute Gasteiger partial charge is 0.290 e. The van der Waals surface area contributed by atoms with Crippen molar-refractivity contribution >= 4 is 32.8 Å². The van der Waals surface area contributed by atoms with Gasteiger partial charge in [-0.25, -0.2) is 4.39 Å². The van der Waals surface area contributed by atoms with E-state index in [4.69, 9.17) is 4.42 Å². The van der Waals surface area contributed by atoms with Gasteiger partial charge >= 0.3 is 0 Å². The van der Waals surface area contributed by atoms with E-state index < -0.39 is 11.9 Å². The molecule has 1 aromatic heterocycles. The van der Waals surface area contributed by atoms with Gasteiger partial charge in [-0.1, -0.05) is 28.1 Å². The lowest BCUT2D eigenvalue weighted by Crippen LogP contribution is -2.32. The Balaban J connectivity index is 1.88. The summed E-state index contributed by atoms with van der Waals surface area (Å²) in [7, 11) is 3.94. The van der Waals surface area contributed by atoms with Gasteiger partial charge in [0.2, 0.25) is 5.76 Å². The fourth-order valence-electron chi connectivity index (χ4n) is 3.77. The van der Waals surface area contributed by atoms with Crippen LogP contribution in [0.15, 0.2) is 56.1 Å². The number of carbonyl (C=O) groups is 1. The number of halogens is 2. The molecule has 1 aliphatic heterocycles. The number of rotatable bonds is 5. The summed E-state index contributed by atoms with van der Waals surface area (Å²) in [6.07, 6.45) is 0.752. The number of hydrogen-bond donors (Lipinski definition) is 0. The van der Waals surface area contributed by atoms with Crippen LogP contribution in [0, 0.1) is 5.82 Å². The largest absolute Gasteiger partial charge is 0.450 e. The first-order valence-electron chi connectivity index (χ1n) is 9.34. The van der Waals surface area contributed by atoms with Gasteiger partial charge in [-0.05, 0) is 63.0 Å². The molecule has 0 spiro atoms. The molecular formula is C22H20BrFN2O3. The third-order valence-electron chi connectivity index (χ3n) is 5.12. The molecule has 0 saturated heterocycles. The Bertz CT molecular complexity index is 1140. The van der Waals surface area contributed by atoms with Gasteiger partial charge in [-0.15, -0.1) is 0 Å². The van der Waals surface area contributed by atoms with Crippen molar-refractivity contribution in [3.8, 4) is 0 Å². The summed E-state index contributed by atoms with van der Waals surface area (Å²) in [6, 6.07) is 10.7. The summed E-state index contributed by atoms with van der Waals surface area (Å²) < 4.78 is 20.5. The summed E-state index contributed by atoms with van der Waals surface area (Å²) in [4.78, 5) is 30.2. The molecule has 0 fully saturated rings. The number of fused-ring (bicyclic) bond motifs is 2. The second-order valence-corrected chi connectivity index (χ2v) is 8.34. The third kappa shape index (κ3) is 3.60. The SMILES string of the molecule is CN(C)CCCN1C(=O)c2oc3ccc(F)cc3c(=O)c2C1c1ccc(Br)cc1. The summed E-state index contributed by atoms with van der Waals surface area (Å²) in [5.74, 6) is -0.779. The molecule has 2 heterocycles. The first kappa shape index (κ1) is 19.8. The van der Waals surface area contributed by atoms with Gasteiger partial charge in [0.15, 0.2) is 5.43 Å². The molecule has 5 nitrogen and oxygen atoms in total. The lowest BCUT2D eigenvalue weighted by molar-refractivity contribution is 0.0722. The molecular weight excluding hydrogens is 439 g/mol. The highest BCUT2D eigenvalue weighted by atomic mass is 79.9. The topological polar surface area (TPSA) is 53.8 Å². The standard InChI is InChI=1S/C22H20BrFN2O3/c1-25(2)10-3-11-26-19(13-4-6-14(23)7-5-13)18-20(27)16-12-15(24)8-9-17(16)29-21(18)22(26)28/h4-9,12,19H,3,10-11H2,1-2H3. The first-order chi connectivity index (χ1) is 13.9. The minimum absolute atomic E-state index is 0.0480. The Morgan fingerprint density at radius 2 is 1.86 bits per heavy atom. The zero-order valence-electron chi connectivity index (χ0n) is 16.1. The van der Waals surface area contributed by atoms with E-state index >= 15 is 0 Å². The van der Waals surface area contributed by atoms with Crippen LogP contribution in [0.1, 0.15) is 34.1 Å². The van der Waals surface area contributed by atoms with Crippen molar-refractivity contribution in [1.82, 2.24) is 9.80 Å². The molecule has 4 rings (SSSR count). The third-order valence-corrected chi connectivity index (χ3v) is 5.65. The Morgan fingerprint density at radius 3 is 2.55 bits per heavy atom. The monoisotopic (exact) mass is 458 g/mol. The minimum Gasteiger partial charge on any atom is -0.450 e. The van der Waals surface area contributed by atoms with Gasteiger partial charge in [0.1, 0.15) is 11.4 Å². The van der Waals surface area contributed by atoms with Crippen LogP contribution in [-0.2, 0) is 0 Å². The van der Waals surface area contributed by atoms with E-state index in [2.05, 4.69) is 15.9 Å². The zero-order chi connectivity index (χ0) is 20.7. The molecule has 1 amide bonds. The summed E-state index contributed by atoms with van der Waals surface area (Å²) >= 11 is 3.42. The van der Waals surface area contributed by atoms with Crippen LogP contribution in [0.3, 0.4) is 0 Å². The van der Waals surface area contributed by atoms with Gasteiger partial charge in [0.25, 0.3) is 5.91 Å². The van der Waals surface area contributed by atoms with Crippen LogP contribution >= 0.6 is 15.9 Å². The van der Waals surface area contributed by atoms with Gasteiger partial charge in [0.05, 0.1) is 17.0 Å². The Hall–Kier alpha value is -2.51. The summed E-state index contributed by atoms with van der Waals surface area (Å²) in [5.41, 5.74) is 0.943. The molecule has 0 saturated carbocycles. The number of nitrogens with zero attached hydrogens (tertiary/aromatic N) is 2. The highest BCUT2D eigenvalue weighted by molar-refractivity contribution is 9.10. The van der Waals surface area contributed by atoms with Crippen molar-refractivity contribution in [3.05, 3.63) is 79.9 Å². The van der Waals surface area contributed by atoms with Crippen LogP contribution in [0.2, 0.25) is 0 Å². The first-order valence-corrected chi connectivity index (χ1v) is 10.1. The highest BCUT2D eigenvalue weighted by Crippen LogP contribution is 2.38. The fourth-order valence-corrected chi connectivity index (χ4v) is 4.04. The number of amides is 1. The average Bonchev–Trinajstić information content (AvgIpc) is 2.95. The van der Waals surface area contributed by atoms with Crippen LogP contribution in [0.5, 0.6) is 0 Å². The molecule has 1 atom stereocenters. The van der Waals surface area contributed by atoms with Crippen molar-refractivity contribution in [3.63, 3.8) is 0 Å². The Kier molecular flexibility index (Phi) is 5.27. The van der Waals surface area contributed by atoms with E-state index in [1.807, 2.05) is 43.3 Å². The molecule has 0 radical (unpaired) electrons. The van der Waals surface area contributed by atoms with E-state index in [0.717, 1.165) is 23.0 Å². The molecule has 1 aliphatic rings. The molecule has 0 bridgehead atoms. The van der Waals surface area contributed by atoms with E-state index in [1.54, 1.807) is 4.90 Å². The lowest BCUT2D eigenvalue weighted by Gasteiger charge is -2.25. The van der Waals surface area contributed by atoms with E-state index in [9.17, 15) is 14.0 Å². The van der Waals surface area contributed by atoms with E-state index in [0.29, 0.717) is 6.54 Å². The van der Waals surface area contributed by atoms with Crippen molar-refractivity contribution in [2.45, 2.75) is 12.5 Å². The second-order valence-electron chi connectivity index (χ2n) is 7.42. The van der Waals surface area contributed by atoms with Crippen molar-refractivity contribution in [2.24, 2.45) is 0 Å². The molecule has 3 aromatic rings. The quantitative estimate of drug-likeness (QED) is 0.574. The van der Waals surface area contributed by atoms with Crippen LogP contribution < -0.4 is 5.43 Å². The highest BCUT2D eigenvalue weighted by Gasteiger charge is 2.42. The molecule has 0 N–H and O–H groups in total. The van der Waals surface area contributed by atoms with Crippen molar-refractivity contribution in [2.75, 3.05) is 27.2 Å². The lowest BCUT2D eigenvalue weighted by atomic mass is 9.98. The van der Waals surface area contributed by atoms with Crippen LogP contribution in [-0.4, -0.2) is 42.9 Å². The second kappa shape index (κ2) is 7.72. The van der Waals surface area contributed by atoms with Gasteiger partial charge in [-0.2, -0.15) is 0 Å². The van der Waals surface area contributed by atoms with Crippen molar-refractivity contribution in [1.29, 1.82) is 0 Å². The van der Waals surface area contributed by atoms with Crippen molar-refractivity contribution < 1.29 is 13.6 Å². The maximum Gasteiger partial charge on any atom is 0.290 e.